The van der Waals surface area contributed by atoms with Gasteiger partial charge in [0.25, 0.3) is 0 Å². The van der Waals surface area contributed by atoms with E-state index in [0.717, 1.165) is 23.4 Å². The molecule has 7 heteroatoms. The quantitative estimate of drug-likeness (QED) is 0.830. The van der Waals surface area contributed by atoms with Gasteiger partial charge in [-0.25, -0.2) is 4.98 Å². The number of thiazole rings is 1. The van der Waals surface area contributed by atoms with Crippen LogP contribution < -0.4 is 11.1 Å². The van der Waals surface area contributed by atoms with Gasteiger partial charge in [-0.15, -0.1) is 36.2 Å². The maximum Gasteiger partial charge on any atom is 0.241 e. The molecule has 0 saturated heterocycles. The van der Waals surface area contributed by atoms with Crippen LogP contribution >= 0.6 is 36.2 Å². The third kappa shape index (κ3) is 5.93. The predicted molar refractivity (Wildman–Crippen MR) is 96.1 cm³/mol. The summed E-state index contributed by atoms with van der Waals surface area (Å²) in [7, 11) is 0. The topological polar surface area (TPSA) is 68.0 Å². The van der Waals surface area contributed by atoms with Crippen molar-refractivity contribution < 1.29 is 4.79 Å². The van der Waals surface area contributed by atoms with Crippen LogP contribution in [0.4, 0.5) is 0 Å². The minimum atomic E-state index is -0.612. The number of carbonyl (C=O) groups excluding carboxylic acids is 1. The summed E-state index contributed by atoms with van der Waals surface area (Å²) in [6.07, 6.45) is 3.65. The smallest absolute Gasteiger partial charge is 0.241 e. The van der Waals surface area contributed by atoms with Gasteiger partial charge in [0.15, 0.2) is 0 Å². The number of nitrogens with two attached hydrogens (primary N) is 1. The van der Waals surface area contributed by atoms with Crippen molar-refractivity contribution >= 4 is 42.1 Å². The molecule has 0 aliphatic carbocycles. The Morgan fingerprint density at radius 1 is 1.32 bits per heavy atom. The van der Waals surface area contributed by atoms with E-state index in [1.54, 1.807) is 11.3 Å². The second kappa shape index (κ2) is 10.6. The number of amides is 1. The van der Waals surface area contributed by atoms with Gasteiger partial charge in [-0.2, -0.15) is 0 Å². The van der Waals surface area contributed by atoms with Crippen molar-refractivity contribution in [2.45, 2.75) is 25.8 Å². The number of aryl methyl sites for hydroxylation is 1. The van der Waals surface area contributed by atoms with Gasteiger partial charge in [0.1, 0.15) is 6.04 Å². The van der Waals surface area contributed by atoms with Gasteiger partial charge < -0.3 is 11.1 Å². The van der Waals surface area contributed by atoms with Crippen LogP contribution in [-0.2, 0) is 17.6 Å². The number of benzene rings is 1. The fraction of sp³-hybridized carbons (Fsp3) is 0.333. The van der Waals surface area contributed by atoms with Crippen LogP contribution in [0.15, 0.2) is 36.5 Å². The molecule has 0 bridgehead atoms. The number of hydrogen-bond donors (Lipinski definition) is 2. The van der Waals surface area contributed by atoms with E-state index in [0.29, 0.717) is 6.54 Å². The van der Waals surface area contributed by atoms with Crippen molar-refractivity contribution in [3.63, 3.8) is 0 Å². The van der Waals surface area contributed by atoms with Gasteiger partial charge in [-0.1, -0.05) is 37.3 Å². The molecule has 0 aliphatic heterocycles. The van der Waals surface area contributed by atoms with E-state index in [1.807, 2.05) is 36.5 Å². The van der Waals surface area contributed by atoms with Crippen LogP contribution in [0.3, 0.4) is 0 Å². The molecule has 4 nitrogen and oxygen atoms in total. The highest BCUT2D eigenvalue weighted by Gasteiger charge is 2.14. The van der Waals surface area contributed by atoms with Crippen molar-refractivity contribution in [1.82, 2.24) is 10.3 Å². The van der Waals surface area contributed by atoms with E-state index < -0.39 is 6.04 Å². The van der Waals surface area contributed by atoms with Gasteiger partial charge in [-0.05, 0) is 12.0 Å². The van der Waals surface area contributed by atoms with Crippen LogP contribution in [0.5, 0.6) is 0 Å². The Balaban J connectivity index is 0.00000220. The summed E-state index contributed by atoms with van der Waals surface area (Å²) >= 11 is 1.70. The molecule has 2 rings (SSSR count). The first-order valence-electron chi connectivity index (χ1n) is 6.72. The normalized spacial score (nSPS) is 11.0. The first-order chi connectivity index (χ1) is 9.70. The number of nitrogens with zero attached hydrogens (tertiary/aromatic N) is 1. The summed E-state index contributed by atoms with van der Waals surface area (Å²) in [4.78, 5) is 17.5. The predicted octanol–water partition coefficient (Wildman–Crippen LogP) is 2.91. The first-order valence-corrected chi connectivity index (χ1v) is 7.54. The first kappa shape index (κ1) is 20.9. The Hall–Kier alpha value is -1.14. The van der Waals surface area contributed by atoms with Crippen LogP contribution in [-0.4, -0.2) is 17.4 Å². The zero-order chi connectivity index (χ0) is 14.4. The molecule has 1 unspecified atom stereocenters. The molecule has 1 heterocycles. The Bertz CT molecular complexity index is 563. The largest absolute Gasteiger partial charge is 0.354 e. The molecular formula is C15H21Cl2N3OS. The van der Waals surface area contributed by atoms with Gasteiger partial charge in [-0.3, -0.25) is 4.79 Å². The van der Waals surface area contributed by atoms with Crippen molar-refractivity contribution in [3.8, 4) is 0 Å². The lowest BCUT2D eigenvalue weighted by atomic mass is 10.1. The average Bonchev–Trinajstić information content (AvgIpc) is 2.95. The number of aromatic nitrogens is 1. The van der Waals surface area contributed by atoms with Crippen LogP contribution in [0, 0.1) is 0 Å². The fourth-order valence-corrected chi connectivity index (χ4v) is 2.70. The maximum atomic E-state index is 11.9. The third-order valence-corrected chi connectivity index (χ3v) is 4.23. The lowest BCUT2D eigenvalue weighted by Gasteiger charge is -2.11. The van der Waals surface area contributed by atoms with E-state index in [1.165, 1.54) is 4.88 Å². The SMILES string of the molecule is CCc1cnc(CCNC(=O)C(N)c2ccccc2)s1.Cl.Cl. The Labute approximate surface area is 147 Å². The Morgan fingerprint density at radius 3 is 2.59 bits per heavy atom. The lowest BCUT2D eigenvalue weighted by Crippen LogP contribution is -2.35. The maximum absolute atomic E-state index is 11.9. The van der Waals surface area contributed by atoms with Gasteiger partial charge in [0.2, 0.25) is 5.91 Å². The summed E-state index contributed by atoms with van der Waals surface area (Å²) in [5.41, 5.74) is 6.74. The average molecular weight is 362 g/mol. The molecule has 0 radical (unpaired) electrons. The van der Waals surface area contributed by atoms with Crippen molar-refractivity contribution in [2.24, 2.45) is 5.73 Å². The number of rotatable bonds is 6. The number of nitrogens with one attached hydrogen (secondary N) is 1. The molecule has 1 atom stereocenters. The number of carbonyl (C=O) groups is 1. The molecule has 22 heavy (non-hydrogen) atoms. The molecule has 2 aromatic rings. The van der Waals surface area contributed by atoms with Crippen LogP contribution in [0.25, 0.3) is 0 Å². The van der Waals surface area contributed by atoms with E-state index in [4.69, 9.17) is 5.73 Å². The highest BCUT2D eigenvalue weighted by molar-refractivity contribution is 7.11. The molecule has 0 spiro atoms. The third-order valence-electron chi connectivity index (χ3n) is 3.03. The molecule has 1 aromatic heterocycles. The Morgan fingerprint density at radius 2 is 2.00 bits per heavy atom. The van der Waals surface area contributed by atoms with Crippen LogP contribution in [0.2, 0.25) is 0 Å². The van der Waals surface area contributed by atoms with Gasteiger partial charge in [0, 0.05) is 24.0 Å². The molecule has 0 aliphatic rings. The lowest BCUT2D eigenvalue weighted by molar-refractivity contribution is -0.122. The summed E-state index contributed by atoms with van der Waals surface area (Å²) in [5, 5.41) is 3.91. The summed E-state index contributed by atoms with van der Waals surface area (Å²) in [6, 6.07) is 8.77. The highest BCUT2D eigenvalue weighted by atomic mass is 35.5. The molecular weight excluding hydrogens is 341 g/mol. The van der Waals surface area contributed by atoms with Crippen molar-refractivity contribution in [2.75, 3.05) is 6.54 Å². The van der Waals surface area contributed by atoms with E-state index in [9.17, 15) is 4.79 Å². The zero-order valence-corrected chi connectivity index (χ0v) is 14.8. The van der Waals surface area contributed by atoms with E-state index in [-0.39, 0.29) is 30.7 Å². The monoisotopic (exact) mass is 361 g/mol. The standard InChI is InChI=1S/C15H19N3OS.2ClH/c1-2-12-10-18-13(20-12)8-9-17-15(19)14(16)11-6-4-3-5-7-11;;/h3-7,10,14H,2,8-9,16H2,1H3,(H,17,19);2*1H. The number of hydrogen-bond acceptors (Lipinski definition) is 4. The molecule has 0 fully saturated rings. The van der Waals surface area contributed by atoms with E-state index in [2.05, 4.69) is 17.2 Å². The zero-order valence-electron chi connectivity index (χ0n) is 12.3. The van der Waals surface area contributed by atoms with Crippen LogP contribution in [0.1, 0.15) is 28.4 Å². The molecule has 122 valence electrons. The van der Waals surface area contributed by atoms with E-state index >= 15 is 0 Å². The molecule has 0 saturated carbocycles. The minimum Gasteiger partial charge on any atom is -0.354 e. The summed E-state index contributed by atoms with van der Waals surface area (Å²) in [5.74, 6) is -0.150. The highest BCUT2D eigenvalue weighted by Crippen LogP contribution is 2.13. The minimum absolute atomic E-state index is 0. The molecule has 1 amide bonds. The second-order valence-corrected chi connectivity index (χ2v) is 5.70. The van der Waals surface area contributed by atoms with Gasteiger partial charge in [0.05, 0.1) is 5.01 Å². The van der Waals surface area contributed by atoms with Crippen molar-refractivity contribution in [3.05, 3.63) is 52.0 Å². The molecule has 1 aromatic carbocycles. The Kier molecular flexibility index (Phi) is 10.0. The van der Waals surface area contributed by atoms with Gasteiger partial charge >= 0.3 is 0 Å². The fourth-order valence-electron chi connectivity index (χ4n) is 1.84. The second-order valence-electron chi connectivity index (χ2n) is 4.50. The number of halogens is 2. The summed E-state index contributed by atoms with van der Waals surface area (Å²) < 4.78 is 0. The molecule has 3 N–H and O–H groups in total. The summed E-state index contributed by atoms with van der Waals surface area (Å²) in [6.45, 7) is 2.67. The van der Waals surface area contributed by atoms with Crippen molar-refractivity contribution in [1.29, 1.82) is 0 Å².